The Kier molecular flexibility index (Phi) is 7.77. The molecule has 4 rings (SSSR count). The number of aryl methyl sites for hydroxylation is 2. The topological polar surface area (TPSA) is 72.2 Å². The van der Waals surface area contributed by atoms with Crippen molar-refractivity contribution >= 4 is 16.7 Å². The van der Waals surface area contributed by atoms with Crippen molar-refractivity contribution in [3.8, 4) is 0 Å². The summed E-state index contributed by atoms with van der Waals surface area (Å²) in [6, 6.07) is 6.64. The zero-order valence-corrected chi connectivity index (χ0v) is 20.1. The van der Waals surface area contributed by atoms with Gasteiger partial charge in [-0.25, -0.2) is 9.07 Å². The highest BCUT2D eigenvalue weighted by molar-refractivity contribution is 5.87. The van der Waals surface area contributed by atoms with Crippen LogP contribution >= 0.6 is 0 Å². The second-order valence-corrected chi connectivity index (χ2v) is 9.20. The van der Waals surface area contributed by atoms with Gasteiger partial charge in [0.1, 0.15) is 12.4 Å². The summed E-state index contributed by atoms with van der Waals surface area (Å²) in [5.74, 6) is -0.493. The second kappa shape index (κ2) is 11.0. The predicted octanol–water partition coefficient (Wildman–Crippen LogP) is 3.38. The van der Waals surface area contributed by atoms with E-state index in [1.807, 2.05) is 18.4 Å². The fourth-order valence-electron chi connectivity index (χ4n) is 4.87. The molecule has 0 unspecified atom stereocenters. The van der Waals surface area contributed by atoms with Crippen molar-refractivity contribution in [2.45, 2.75) is 59.0 Å². The number of hydrogen-bond acceptors (Lipinski definition) is 4. The molecule has 0 saturated carbocycles. The highest BCUT2D eigenvalue weighted by Crippen LogP contribution is 2.23. The molecular formula is C26H34FN5O2. The third-order valence-corrected chi connectivity index (χ3v) is 6.86. The van der Waals surface area contributed by atoms with Crippen molar-refractivity contribution in [2.75, 3.05) is 26.2 Å². The van der Waals surface area contributed by atoms with E-state index in [-0.39, 0.29) is 23.8 Å². The van der Waals surface area contributed by atoms with E-state index in [9.17, 15) is 14.0 Å². The molecule has 1 N–H and O–H groups in total. The van der Waals surface area contributed by atoms with Crippen LogP contribution in [-0.2, 0) is 17.9 Å². The molecule has 0 atom stereocenters. The summed E-state index contributed by atoms with van der Waals surface area (Å²) in [5, 5.41) is 8.42. The van der Waals surface area contributed by atoms with E-state index < -0.39 is 0 Å². The Bertz CT molecular complexity index is 1210. The van der Waals surface area contributed by atoms with Crippen LogP contribution in [0.3, 0.4) is 0 Å². The Hall–Kier alpha value is -3.00. The van der Waals surface area contributed by atoms with E-state index in [1.54, 1.807) is 24.4 Å². The zero-order valence-electron chi connectivity index (χ0n) is 20.1. The van der Waals surface area contributed by atoms with E-state index in [0.29, 0.717) is 24.0 Å². The summed E-state index contributed by atoms with van der Waals surface area (Å²) in [6.07, 6.45) is 7.65. The summed E-state index contributed by atoms with van der Waals surface area (Å²) < 4.78 is 17.3. The molecule has 1 aromatic carbocycles. The van der Waals surface area contributed by atoms with E-state index in [0.717, 1.165) is 42.8 Å². The van der Waals surface area contributed by atoms with E-state index in [4.69, 9.17) is 0 Å². The predicted molar refractivity (Wildman–Crippen MR) is 132 cm³/mol. The molecule has 1 saturated heterocycles. The number of nitrogens with one attached hydrogen (secondary N) is 1. The van der Waals surface area contributed by atoms with Gasteiger partial charge < -0.3 is 14.8 Å². The van der Waals surface area contributed by atoms with Gasteiger partial charge in [0.2, 0.25) is 5.91 Å². The van der Waals surface area contributed by atoms with Crippen molar-refractivity contribution in [1.82, 2.24) is 24.6 Å². The molecule has 34 heavy (non-hydrogen) atoms. The minimum absolute atomic E-state index is 0.116. The first kappa shape index (κ1) is 24.1. The number of carbonyl (C=O) groups excluding carboxylic acids is 1. The first-order chi connectivity index (χ1) is 16.5. The van der Waals surface area contributed by atoms with E-state index >= 15 is 0 Å². The highest BCUT2D eigenvalue weighted by Gasteiger charge is 2.18. The van der Waals surface area contributed by atoms with Gasteiger partial charge in [0, 0.05) is 28.9 Å². The molecular weight excluding hydrogens is 433 g/mol. The van der Waals surface area contributed by atoms with Gasteiger partial charge in [0.05, 0.1) is 18.1 Å². The van der Waals surface area contributed by atoms with Crippen LogP contribution in [0.1, 0.15) is 49.1 Å². The van der Waals surface area contributed by atoms with Gasteiger partial charge in [0.25, 0.3) is 5.56 Å². The number of benzene rings is 1. The van der Waals surface area contributed by atoms with Gasteiger partial charge in [-0.2, -0.15) is 5.10 Å². The van der Waals surface area contributed by atoms with Crippen molar-refractivity contribution in [3.63, 3.8) is 0 Å². The lowest BCUT2D eigenvalue weighted by Gasteiger charge is -2.19. The van der Waals surface area contributed by atoms with Crippen LogP contribution in [-0.4, -0.2) is 51.3 Å². The molecule has 8 heteroatoms. The number of likely N-dealkylation sites (tertiary alicyclic amines) is 1. The zero-order chi connectivity index (χ0) is 24.1. The average Bonchev–Trinajstić information content (AvgIpc) is 2.99. The van der Waals surface area contributed by atoms with Crippen LogP contribution in [0.2, 0.25) is 0 Å². The monoisotopic (exact) mass is 467 g/mol. The molecule has 0 bridgehead atoms. The quantitative estimate of drug-likeness (QED) is 0.516. The van der Waals surface area contributed by atoms with Gasteiger partial charge >= 0.3 is 0 Å². The van der Waals surface area contributed by atoms with Gasteiger partial charge in [-0.05, 0) is 58.8 Å². The first-order valence-electron chi connectivity index (χ1n) is 12.2. The van der Waals surface area contributed by atoms with Crippen LogP contribution < -0.4 is 10.9 Å². The summed E-state index contributed by atoms with van der Waals surface area (Å²) in [5.41, 5.74) is 1.85. The number of halogens is 1. The molecule has 1 amide bonds. The molecule has 0 radical (unpaired) electrons. The van der Waals surface area contributed by atoms with Gasteiger partial charge in [-0.1, -0.05) is 31.0 Å². The molecule has 1 aliphatic rings. The van der Waals surface area contributed by atoms with Crippen molar-refractivity contribution in [1.29, 1.82) is 0 Å². The van der Waals surface area contributed by atoms with Crippen LogP contribution in [0.4, 0.5) is 4.39 Å². The fourth-order valence-corrected chi connectivity index (χ4v) is 4.87. The minimum Gasteiger partial charge on any atom is -0.354 e. The lowest BCUT2D eigenvalue weighted by Crippen LogP contribution is -2.35. The maximum absolute atomic E-state index is 14.2. The Morgan fingerprint density at radius 3 is 2.56 bits per heavy atom. The molecule has 3 heterocycles. The normalized spacial score (nSPS) is 14.9. The molecule has 0 spiro atoms. The number of aromatic nitrogens is 3. The van der Waals surface area contributed by atoms with Gasteiger partial charge in [-0.3, -0.25) is 9.59 Å². The third-order valence-electron chi connectivity index (χ3n) is 6.86. The minimum atomic E-state index is -0.301. The Labute approximate surface area is 199 Å². The van der Waals surface area contributed by atoms with Crippen LogP contribution in [0.25, 0.3) is 10.8 Å². The number of nitrogens with zero attached hydrogens (tertiary/aromatic N) is 4. The summed E-state index contributed by atoms with van der Waals surface area (Å²) in [4.78, 5) is 28.1. The van der Waals surface area contributed by atoms with Crippen LogP contribution in [0, 0.1) is 19.7 Å². The van der Waals surface area contributed by atoms with E-state index in [2.05, 4.69) is 15.3 Å². The Balaban J connectivity index is 1.41. The smallest absolute Gasteiger partial charge is 0.276 e. The standard InChI is InChI=1S/C26H34FN5O2/c1-19-22-16-29-32(18-24(33)28-12-9-15-30-13-7-3-4-8-14-30)26(34)25(22)20(2)31(19)17-21-10-5-6-11-23(21)27/h5-6,10-11,16H,3-4,7-9,12-15,17-18H2,1-2H3,(H,28,33). The number of amides is 1. The number of carbonyl (C=O) groups is 1. The Morgan fingerprint density at radius 2 is 1.82 bits per heavy atom. The first-order valence-corrected chi connectivity index (χ1v) is 12.2. The number of rotatable bonds is 8. The molecule has 0 aliphatic carbocycles. The largest absolute Gasteiger partial charge is 0.354 e. The second-order valence-electron chi connectivity index (χ2n) is 9.20. The average molecular weight is 468 g/mol. The summed E-state index contributed by atoms with van der Waals surface area (Å²) in [7, 11) is 0. The molecule has 1 aliphatic heterocycles. The number of fused-ring (bicyclic) bond motifs is 1. The van der Waals surface area contributed by atoms with Crippen LogP contribution in [0.5, 0.6) is 0 Å². The lowest BCUT2D eigenvalue weighted by atomic mass is 10.2. The van der Waals surface area contributed by atoms with E-state index in [1.165, 1.54) is 36.4 Å². The van der Waals surface area contributed by atoms with Crippen LogP contribution in [0.15, 0.2) is 35.3 Å². The molecule has 1 fully saturated rings. The third kappa shape index (κ3) is 5.38. The van der Waals surface area contributed by atoms with Crippen molar-refractivity contribution in [3.05, 3.63) is 63.6 Å². The molecule has 7 nitrogen and oxygen atoms in total. The molecule has 3 aromatic rings. The highest BCUT2D eigenvalue weighted by atomic mass is 19.1. The summed E-state index contributed by atoms with van der Waals surface area (Å²) >= 11 is 0. The molecule has 2 aromatic heterocycles. The fraction of sp³-hybridized carbons (Fsp3) is 0.500. The molecule has 182 valence electrons. The Morgan fingerprint density at radius 1 is 1.09 bits per heavy atom. The number of hydrogen-bond donors (Lipinski definition) is 1. The van der Waals surface area contributed by atoms with Gasteiger partial charge in [0.15, 0.2) is 0 Å². The lowest BCUT2D eigenvalue weighted by molar-refractivity contribution is -0.121. The summed E-state index contributed by atoms with van der Waals surface area (Å²) in [6.45, 7) is 7.82. The van der Waals surface area contributed by atoms with Crippen molar-refractivity contribution in [2.24, 2.45) is 0 Å². The van der Waals surface area contributed by atoms with Gasteiger partial charge in [-0.15, -0.1) is 0 Å². The van der Waals surface area contributed by atoms with Crippen molar-refractivity contribution < 1.29 is 9.18 Å². The maximum Gasteiger partial charge on any atom is 0.276 e. The SMILES string of the molecule is Cc1c2cnn(CC(=O)NCCCN3CCCCCC3)c(=O)c2c(C)n1Cc1ccccc1F. The maximum atomic E-state index is 14.2.